The van der Waals surface area contributed by atoms with Gasteiger partial charge in [0.15, 0.2) is 0 Å². The number of rotatable bonds is 2. The molecule has 0 fully saturated rings. The first-order valence-corrected chi connectivity index (χ1v) is 4.57. The molecule has 2 N–H and O–H groups in total. The van der Waals surface area contributed by atoms with Gasteiger partial charge in [0, 0.05) is 12.1 Å². The van der Waals surface area contributed by atoms with E-state index in [-0.39, 0.29) is 6.61 Å². The van der Waals surface area contributed by atoms with E-state index in [0.717, 1.165) is 18.7 Å². The third-order valence-corrected chi connectivity index (χ3v) is 2.35. The topological polar surface area (TPSA) is 48.9 Å². The number of aryl methyl sites for hydroxylation is 2. The molecule has 1 heterocycles. The summed E-state index contributed by atoms with van der Waals surface area (Å²) in [6, 6.07) is 0. The van der Waals surface area contributed by atoms with Crippen LogP contribution in [0.25, 0.3) is 0 Å². The Morgan fingerprint density at radius 2 is 2.17 bits per heavy atom. The maximum absolute atomic E-state index is 8.72. The molecule has 0 amide bonds. The lowest BCUT2D eigenvalue weighted by Gasteiger charge is -2.07. The van der Waals surface area contributed by atoms with E-state index < -0.39 is 0 Å². The fraction of sp³-hybridized carbons (Fsp3) is 0.667. The van der Waals surface area contributed by atoms with Gasteiger partial charge in [-0.05, 0) is 25.7 Å². The smallest absolute Gasteiger partial charge is 0.108 e. The van der Waals surface area contributed by atoms with Crippen LogP contribution in [-0.2, 0) is 19.3 Å². The summed E-state index contributed by atoms with van der Waals surface area (Å²) < 4.78 is 0. The van der Waals surface area contributed by atoms with Gasteiger partial charge in [-0.25, -0.2) is 4.98 Å². The van der Waals surface area contributed by atoms with Gasteiger partial charge in [-0.1, -0.05) is 0 Å². The van der Waals surface area contributed by atoms with E-state index in [4.69, 9.17) is 5.11 Å². The van der Waals surface area contributed by atoms with Crippen molar-refractivity contribution < 1.29 is 5.11 Å². The zero-order valence-corrected chi connectivity index (χ0v) is 7.14. The molecule has 66 valence electrons. The van der Waals surface area contributed by atoms with Gasteiger partial charge in [0.25, 0.3) is 0 Å². The van der Waals surface area contributed by atoms with Gasteiger partial charge >= 0.3 is 0 Å². The zero-order chi connectivity index (χ0) is 8.39. The third kappa shape index (κ3) is 1.37. The second kappa shape index (κ2) is 3.27. The van der Waals surface area contributed by atoms with Crippen molar-refractivity contribution in [3.63, 3.8) is 0 Å². The Bertz CT molecular complexity index is 244. The van der Waals surface area contributed by atoms with Crippen molar-refractivity contribution in [3.05, 3.63) is 17.2 Å². The molecule has 3 heteroatoms. The van der Waals surface area contributed by atoms with Crippen LogP contribution in [0.3, 0.4) is 0 Å². The lowest BCUT2D eigenvalue weighted by molar-refractivity contribution is 0.297. The molecular weight excluding hydrogens is 152 g/mol. The molecular formula is C9H14N2O. The molecule has 1 aliphatic rings. The number of nitrogens with zero attached hydrogens (tertiary/aromatic N) is 1. The van der Waals surface area contributed by atoms with Crippen molar-refractivity contribution in [2.45, 2.75) is 32.1 Å². The molecule has 0 spiro atoms. The van der Waals surface area contributed by atoms with Crippen molar-refractivity contribution in [3.8, 4) is 0 Å². The Hall–Kier alpha value is -0.830. The van der Waals surface area contributed by atoms with Crippen LogP contribution >= 0.6 is 0 Å². The zero-order valence-electron chi connectivity index (χ0n) is 7.14. The van der Waals surface area contributed by atoms with Crippen LogP contribution in [0.15, 0.2) is 0 Å². The van der Waals surface area contributed by atoms with E-state index in [0.29, 0.717) is 6.42 Å². The fourth-order valence-electron chi connectivity index (χ4n) is 1.74. The number of fused-ring (bicyclic) bond motifs is 1. The first-order valence-electron chi connectivity index (χ1n) is 4.57. The number of imidazole rings is 1. The van der Waals surface area contributed by atoms with Crippen LogP contribution < -0.4 is 0 Å². The molecule has 0 atom stereocenters. The van der Waals surface area contributed by atoms with Gasteiger partial charge in [0.2, 0.25) is 0 Å². The van der Waals surface area contributed by atoms with Crippen molar-refractivity contribution in [2.75, 3.05) is 6.61 Å². The molecule has 0 saturated carbocycles. The highest BCUT2D eigenvalue weighted by Crippen LogP contribution is 2.18. The van der Waals surface area contributed by atoms with Crippen molar-refractivity contribution >= 4 is 0 Å². The number of aliphatic hydroxyl groups is 1. The van der Waals surface area contributed by atoms with E-state index >= 15 is 0 Å². The predicted octanol–water partition coefficient (Wildman–Crippen LogP) is 0.823. The second-order valence-electron chi connectivity index (χ2n) is 3.29. The maximum Gasteiger partial charge on any atom is 0.108 e. The summed E-state index contributed by atoms with van der Waals surface area (Å²) in [5.41, 5.74) is 2.52. The average molecular weight is 166 g/mol. The molecule has 0 radical (unpaired) electrons. The van der Waals surface area contributed by atoms with Crippen LogP contribution in [-0.4, -0.2) is 21.7 Å². The number of H-pyrrole nitrogens is 1. The molecule has 1 aromatic heterocycles. The molecule has 3 nitrogen and oxygen atoms in total. The van der Waals surface area contributed by atoms with Gasteiger partial charge in [-0.2, -0.15) is 0 Å². The van der Waals surface area contributed by atoms with Crippen LogP contribution in [0, 0.1) is 0 Å². The molecule has 1 aliphatic carbocycles. The Labute approximate surface area is 71.8 Å². The minimum atomic E-state index is 0.187. The first kappa shape index (κ1) is 7.80. The van der Waals surface area contributed by atoms with Gasteiger partial charge in [0.1, 0.15) is 5.82 Å². The first-order chi connectivity index (χ1) is 5.90. The normalized spacial score (nSPS) is 16.1. The number of hydrogen-bond donors (Lipinski definition) is 2. The molecule has 12 heavy (non-hydrogen) atoms. The summed E-state index contributed by atoms with van der Waals surface area (Å²) in [7, 11) is 0. The third-order valence-electron chi connectivity index (χ3n) is 2.35. The molecule has 0 saturated heterocycles. The largest absolute Gasteiger partial charge is 0.396 e. The quantitative estimate of drug-likeness (QED) is 0.683. The lowest BCUT2D eigenvalue weighted by atomic mass is 10.0. The molecule has 2 rings (SSSR count). The van der Waals surface area contributed by atoms with E-state index in [1.54, 1.807) is 0 Å². The standard InChI is InChI=1S/C9H14N2O/c12-6-5-9-10-7-3-1-2-4-8(7)11-9/h12H,1-6H2,(H,10,11). The summed E-state index contributed by atoms with van der Waals surface area (Å²) >= 11 is 0. The van der Waals surface area contributed by atoms with E-state index in [1.807, 2.05) is 0 Å². The Balaban J connectivity index is 2.20. The highest BCUT2D eigenvalue weighted by molar-refractivity contribution is 5.17. The van der Waals surface area contributed by atoms with Crippen LogP contribution in [0.5, 0.6) is 0 Å². The van der Waals surface area contributed by atoms with Gasteiger partial charge in [-0.15, -0.1) is 0 Å². The highest BCUT2D eigenvalue weighted by atomic mass is 16.3. The molecule has 1 aromatic rings. The number of aromatic nitrogens is 2. The van der Waals surface area contributed by atoms with Gasteiger partial charge < -0.3 is 10.1 Å². The average Bonchev–Trinajstić information content (AvgIpc) is 2.47. The minimum Gasteiger partial charge on any atom is -0.396 e. The number of nitrogens with one attached hydrogen (secondary N) is 1. The van der Waals surface area contributed by atoms with Crippen LogP contribution in [0.4, 0.5) is 0 Å². The van der Waals surface area contributed by atoms with Crippen molar-refractivity contribution in [1.82, 2.24) is 9.97 Å². The molecule has 0 aromatic carbocycles. The fourth-order valence-corrected chi connectivity index (χ4v) is 1.74. The van der Waals surface area contributed by atoms with Gasteiger partial charge in [0.05, 0.1) is 12.3 Å². The minimum absolute atomic E-state index is 0.187. The number of aliphatic hydroxyl groups excluding tert-OH is 1. The van der Waals surface area contributed by atoms with Crippen molar-refractivity contribution in [1.29, 1.82) is 0 Å². The Morgan fingerprint density at radius 1 is 1.33 bits per heavy atom. The number of hydrogen-bond acceptors (Lipinski definition) is 2. The van der Waals surface area contributed by atoms with Crippen molar-refractivity contribution in [2.24, 2.45) is 0 Å². The Kier molecular flexibility index (Phi) is 2.13. The Morgan fingerprint density at radius 3 is 2.92 bits per heavy atom. The van der Waals surface area contributed by atoms with Crippen LogP contribution in [0.2, 0.25) is 0 Å². The maximum atomic E-state index is 8.72. The summed E-state index contributed by atoms with van der Waals surface area (Å²) in [5, 5.41) is 8.72. The predicted molar refractivity (Wildman–Crippen MR) is 46.0 cm³/mol. The summed E-state index contributed by atoms with van der Waals surface area (Å²) in [5.74, 6) is 0.949. The molecule has 0 bridgehead atoms. The summed E-state index contributed by atoms with van der Waals surface area (Å²) in [6.07, 6.45) is 5.43. The number of aromatic amines is 1. The van der Waals surface area contributed by atoms with E-state index in [1.165, 1.54) is 24.2 Å². The van der Waals surface area contributed by atoms with Crippen LogP contribution in [0.1, 0.15) is 30.1 Å². The second-order valence-corrected chi connectivity index (χ2v) is 3.29. The van der Waals surface area contributed by atoms with Gasteiger partial charge in [-0.3, -0.25) is 0 Å². The molecule has 0 unspecified atom stereocenters. The van der Waals surface area contributed by atoms with E-state index in [2.05, 4.69) is 9.97 Å². The molecule has 0 aliphatic heterocycles. The summed E-state index contributed by atoms with van der Waals surface area (Å²) in [4.78, 5) is 7.69. The monoisotopic (exact) mass is 166 g/mol. The highest BCUT2D eigenvalue weighted by Gasteiger charge is 2.13. The summed E-state index contributed by atoms with van der Waals surface area (Å²) in [6.45, 7) is 0.187. The van der Waals surface area contributed by atoms with E-state index in [9.17, 15) is 0 Å². The lowest BCUT2D eigenvalue weighted by Crippen LogP contribution is -2.00. The SMILES string of the molecule is OCCc1nc2c([nH]1)CCCC2.